The van der Waals surface area contributed by atoms with Gasteiger partial charge < -0.3 is 25.7 Å². The Balaban J connectivity index is 1.58. The summed E-state index contributed by atoms with van der Waals surface area (Å²) in [4.78, 5) is 24.1. The second kappa shape index (κ2) is 11.7. The van der Waals surface area contributed by atoms with Gasteiger partial charge in [-0.05, 0) is 12.1 Å². The van der Waals surface area contributed by atoms with Gasteiger partial charge in [-0.3, -0.25) is 25.0 Å². The number of nitrogens with zero attached hydrogens (tertiary/aromatic N) is 6. The first-order valence-corrected chi connectivity index (χ1v) is 10.6. The summed E-state index contributed by atoms with van der Waals surface area (Å²) < 4.78 is 0. The fourth-order valence-electron chi connectivity index (χ4n) is 3.85. The Kier molecular flexibility index (Phi) is 8.65. The van der Waals surface area contributed by atoms with Crippen LogP contribution in [0.2, 0.25) is 0 Å². The first-order chi connectivity index (χ1) is 16.3. The van der Waals surface area contributed by atoms with E-state index in [1.54, 1.807) is 17.3 Å². The predicted molar refractivity (Wildman–Crippen MR) is 118 cm³/mol. The normalized spacial score (nSPS) is 22.7. The third-order valence-corrected chi connectivity index (χ3v) is 5.65. The average Bonchev–Trinajstić information content (AvgIpc) is 2.82. The van der Waals surface area contributed by atoms with Gasteiger partial charge in [0.25, 0.3) is 5.69 Å². The molecule has 3 rings (SSSR count). The molecule has 1 aromatic carbocycles. The summed E-state index contributed by atoms with van der Waals surface area (Å²) in [6.07, 6.45) is 0.397. The first-order valence-electron chi connectivity index (χ1n) is 10.6. The number of aliphatic hydroxyl groups excluding tert-OH is 4. The SMILES string of the molecule is N=[N+]=Nc1ccc(NCCc2cncc(CCN3C[C@H](O)[C@@H](O)[C@H](O)[C@H]3CO)n2)c([N+](=O)[O-])c1. The molecule has 0 spiro atoms. The number of aliphatic hydroxyl groups is 4. The number of β-amino-alcohol motifs (C(OH)–C–C–N with tert-alkyl or cyclic N) is 1. The standard InChI is InChI=1S/C20H26N8O6/c21-26-25-12-1-2-15(16(7-12)28(33)34)23-5-3-13-8-22-9-14(24-13)4-6-27-10-18(30)20(32)19(31)17(27)11-29/h1-2,7-9,17-21,29-32H,3-6,10-11H2/p+1/t17-,18+,19-,20-/m1/s1. The smallest absolute Gasteiger partial charge is 0.294 e. The highest BCUT2D eigenvalue weighted by atomic mass is 16.6. The maximum absolute atomic E-state index is 11.3. The van der Waals surface area contributed by atoms with Crippen LogP contribution in [-0.2, 0) is 12.8 Å². The van der Waals surface area contributed by atoms with Crippen molar-refractivity contribution in [3.05, 3.63) is 52.1 Å². The molecular formula is C20H27N8O6+. The highest BCUT2D eigenvalue weighted by molar-refractivity contribution is 5.66. The summed E-state index contributed by atoms with van der Waals surface area (Å²) in [6, 6.07) is 3.55. The van der Waals surface area contributed by atoms with Crippen molar-refractivity contribution in [2.45, 2.75) is 37.2 Å². The number of anilines is 1. The highest BCUT2D eigenvalue weighted by Crippen LogP contribution is 2.29. The van der Waals surface area contributed by atoms with E-state index in [4.69, 9.17) is 5.53 Å². The molecule has 0 saturated carbocycles. The number of benzene rings is 1. The van der Waals surface area contributed by atoms with E-state index in [1.165, 1.54) is 18.2 Å². The average molecular weight is 475 g/mol. The Morgan fingerprint density at radius 3 is 2.65 bits per heavy atom. The van der Waals surface area contributed by atoms with Gasteiger partial charge in [-0.1, -0.05) is 0 Å². The van der Waals surface area contributed by atoms with Crippen LogP contribution in [0.25, 0.3) is 0 Å². The molecule has 6 N–H and O–H groups in total. The maximum atomic E-state index is 11.3. The quantitative estimate of drug-likeness (QED) is 0.112. The van der Waals surface area contributed by atoms with Gasteiger partial charge >= 0.3 is 0 Å². The Morgan fingerprint density at radius 1 is 1.24 bits per heavy atom. The molecule has 182 valence electrons. The van der Waals surface area contributed by atoms with Gasteiger partial charge in [0, 0.05) is 44.9 Å². The van der Waals surface area contributed by atoms with E-state index in [1.807, 2.05) is 0 Å². The molecule has 2 heterocycles. The lowest BCUT2D eigenvalue weighted by atomic mass is 9.94. The van der Waals surface area contributed by atoms with Crippen LogP contribution in [0, 0.1) is 15.6 Å². The number of piperidine rings is 1. The van der Waals surface area contributed by atoms with Crippen LogP contribution in [0.1, 0.15) is 11.4 Å². The lowest BCUT2D eigenvalue weighted by molar-refractivity contribution is -0.383. The summed E-state index contributed by atoms with van der Waals surface area (Å²) in [7, 11) is 0. The molecule has 1 fully saturated rings. The molecule has 4 atom stereocenters. The van der Waals surface area contributed by atoms with Gasteiger partial charge in [0.2, 0.25) is 4.91 Å². The summed E-state index contributed by atoms with van der Waals surface area (Å²) in [5.74, 6) is 0. The Labute approximate surface area is 194 Å². The predicted octanol–water partition coefficient (Wildman–Crippen LogP) is -0.477. The number of hydrogen-bond donors (Lipinski definition) is 6. The van der Waals surface area contributed by atoms with Crippen molar-refractivity contribution in [3.8, 4) is 0 Å². The molecule has 0 unspecified atom stereocenters. The lowest BCUT2D eigenvalue weighted by Gasteiger charge is -2.43. The van der Waals surface area contributed by atoms with Crippen molar-refractivity contribution < 1.29 is 25.3 Å². The summed E-state index contributed by atoms with van der Waals surface area (Å²) >= 11 is 0. The molecule has 1 saturated heterocycles. The Hall–Kier alpha value is -3.39. The van der Waals surface area contributed by atoms with E-state index in [0.29, 0.717) is 43.0 Å². The Morgan fingerprint density at radius 2 is 1.97 bits per heavy atom. The van der Waals surface area contributed by atoms with Gasteiger partial charge in [0.05, 0.1) is 41.1 Å². The maximum Gasteiger partial charge on any atom is 0.294 e. The topological polar surface area (TPSA) is 215 Å². The number of nitro groups is 1. The van der Waals surface area contributed by atoms with E-state index in [0.717, 1.165) is 0 Å². The molecule has 1 aliphatic rings. The first kappa shape index (κ1) is 25.2. The molecule has 1 aliphatic heterocycles. The van der Waals surface area contributed by atoms with Crippen molar-refractivity contribution in [3.63, 3.8) is 0 Å². The monoisotopic (exact) mass is 475 g/mol. The van der Waals surface area contributed by atoms with Crippen LogP contribution in [0.4, 0.5) is 17.1 Å². The fourth-order valence-corrected chi connectivity index (χ4v) is 3.85. The minimum atomic E-state index is -1.31. The molecule has 0 bridgehead atoms. The number of aromatic nitrogens is 2. The minimum Gasteiger partial charge on any atom is -0.395 e. The summed E-state index contributed by atoms with van der Waals surface area (Å²) in [6.45, 7) is 0.493. The van der Waals surface area contributed by atoms with Crippen LogP contribution in [0.3, 0.4) is 0 Å². The van der Waals surface area contributed by atoms with Crippen molar-refractivity contribution in [1.82, 2.24) is 19.8 Å². The van der Waals surface area contributed by atoms with Gasteiger partial charge in [-0.15, -0.1) is 0 Å². The van der Waals surface area contributed by atoms with E-state index in [2.05, 4.69) is 25.3 Å². The zero-order valence-corrected chi connectivity index (χ0v) is 18.2. The van der Waals surface area contributed by atoms with E-state index >= 15 is 0 Å². The van der Waals surface area contributed by atoms with Crippen molar-refractivity contribution in [1.29, 1.82) is 5.53 Å². The van der Waals surface area contributed by atoms with Gasteiger partial charge in [-0.2, -0.15) is 0 Å². The molecule has 14 heteroatoms. The van der Waals surface area contributed by atoms with Crippen LogP contribution in [0.15, 0.2) is 35.7 Å². The van der Waals surface area contributed by atoms with Crippen LogP contribution < -0.4 is 10.2 Å². The van der Waals surface area contributed by atoms with Crippen molar-refractivity contribution >= 4 is 17.1 Å². The molecule has 0 amide bonds. The number of rotatable bonds is 10. The van der Waals surface area contributed by atoms with Crippen molar-refractivity contribution in [2.75, 3.05) is 31.6 Å². The zero-order chi connectivity index (χ0) is 24.7. The van der Waals surface area contributed by atoms with Crippen LogP contribution >= 0.6 is 0 Å². The minimum absolute atomic E-state index is 0.112. The third-order valence-electron chi connectivity index (χ3n) is 5.65. The molecular weight excluding hydrogens is 448 g/mol. The molecule has 0 aliphatic carbocycles. The number of hydrogen-bond acceptors (Lipinski definition) is 12. The zero-order valence-electron chi connectivity index (χ0n) is 18.2. The number of nitro benzene ring substituents is 1. The summed E-state index contributed by atoms with van der Waals surface area (Å²) in [5.41, 5.74) is 8.40. The molecule has 0 radical (unpaired) electrons. The lowest BCUT2D eigenvalue weighted by Crippen LogP contribution is -2.62. The Bertz CT molecular complexity index is 1050. The van der Waals surface area contributed by atoms with Crippen molar-refractivity contribution in [2.24, 2.45) is 5.11 Å². The largest absolute Gasteiger partial charge is 0.395 e. The summed E-state index contributed by atoms with van der Waals surface area (Å²) in [5, 5.41) is 57.2. The van der Waals surface area contributed by atoms with Crippen LogP contribution in [-0.4, -0.2) is 90.8 Å². The molecule has 34 heavy (non-hydrogen) atoms. The highest BCUT2D eigenvalue weighted by Gasteiger charge is 2.40. The molecule has 14 nitrogen and oxygen atoms in total. The van der Waals surface area contributed by atoms with Gasteiger partial charge in [0.1, 0.15) is 23.4 Å². The van der Waals surface area contributed by atoms with E-state index in [-0.39, 0.29) is 24.5 Å². The van der Waals surface area contributed by atoms with Gasteiger partial charge in [-0.25, -0.2) is 0 Å². The van der Waals surface area contributed by atoms with Gasteiger partial charge in [0.15, 0.2) is 10.8 Å². The van der Waals surface area contributed by atoms with Crippen LogP contribution in [0.5, 0.6) is 0 Å². The molecule has 1 aromatic heterocycles. The third kappa shape index (κ3) is 6.14. The molecule has 2 aromatic rings. The second-order valence-corrected chi connectivity index (χ2v) is 7.88. The number of nitrogens with one attached hydrogen (secondary N) is 2. The van der Waals surface area contributed by atoms with E-state index < -0.39 is 29.3 Å². The number of likely N-dealkylation sites (tertiary alicyclic amines) is 1. The van der Waals surface area contributed by atoms with E-state index in [9.17, 15) is 30.5 Å². The second-order valence-electron chi connectivity index (χ2n) is 7.88. The fraction of sp³-hybridized carbons (Fsp3) is 0.500.